The molecule has 7 heteroatoms. The molecule has 0 unspecified atom stereocenters. The predicted octanol–water partition coefficient (Wildman–Crippen LogP) is 4.77. The van der Waals surface area contributed by atoms with Crippen LogP contribution in [0, 0.1) is 12.7 Å². The van der Waals surface area contributed by atoms with E-state index in [0.29, 0.717) is 5.95 Å². The van der Waals surface area contributed by atoms with E-state index in [9.17, 15) is 9.18 Å². The molecule has 0 saturated carbocycles. The first kappa shape index (κ1) is 20.3. The van der Waals surface area contributed by atoms with Gasteiger partial charge in [0.1, 0.15) is 5.82 Å². The normalized spacial score (nSPS) is 10.5. The van der Waals surface area contributed by atoms with Gasteiger partial charge in [0.15, 0.2) is 0 Å². The molecule has 0 bridgehead atoms. The molecular weight excluding hydrogens is 369 g/mol. The molecule has 0 radical (unpaired) electrons. The van der Waals surface area contributed by atoms with Crippen LogP contribution in [-0.4, -0.2) is 29.0 Å². The number of hydrogen-bond acceptors (Lipinski definition) is 5. The number of halogens is 1. The Morgan fingerprint density at radius 1 is 1.03 bits per heavy atom. The molecule has 6 nitrogen and oxygen atoms in total. The van der Waals surface area contributed by atoms with Crippen LogP contribution in [0.3, 0.4) is 0 Å². The Balaban J connectivity index is 1.69. The standard InChI is InChI=1S/C22H24FN5O/c1-4-28(5-2)17-10-11-19(15(3)12-17)27-22-24-13-16(14-25-22)21(29)26-20-9-7-6-8-18(20)23/h6-14H,4-5H2,1-3H3,(H,26,29)(H,24,25,27). The molecule has 3 aromatic rings. The van der Waals surface area contributed by atoms with E-state index in [0.717, 1.165) is 24.3 Å². The summed E-state index contributed by atoms with van der Waals surface area (Å²) in [7, 11) is 0. The van der Waals surface area contributed by atoms with E-state index >= 15 is 0 Å². The maximum Gasteiger partial charge on any atom is 0.258 e. The molecule has 0 aliphatic rings. The van der Waals surface area contributed by atoms with Crippen LogP contribution in [0.25, 0.3) is 0 Å². The third-order valence-electron chi connectivity index (χ3n) is 4.62. The number of rotatable bonds is 7. The zero-order chi connectivity index (χ0) is 20.8. The molecule has 150 valence electrons. The first-order valence-corrected chi connectivity index (χ1v) is 9.52. The van der Waals surface area contributed by atoms with Crippen molar-refractivity contribution in [3.63, 3.8) is 0 Å². The van der Waals surface area contributed by atoms with E-state index in [4.69, 9.17) is 0 Å². The van der Waals surface area contributed by atoms with Crippen molar-refractivity contribution in [2.45, 2.75) is 20.8 Å². The molecule has 0 aliphatic heterocycles. The molecule has 0 spiro atoms. The van der Waals surface area contributed by atoms with E-state index in [-0.39, 0.29) is 11.3 Å². The number of hydrogen-bond donors (Lipinski definition) is 2. The number of para-hydroxylation sites is 1. The molecule has 2 N–H and O–H groups in total. The topological polar surface area (TPSA) is 70.2 Å². The van der Waals surface area contributed by atoms with Crippen LogP contribution < -0.4 is 15.5 Å². The fraction of sp³-hybridized carbons (Fsp3) is 0.227. The lowest BCUT2D eigenvalue weighted by Gasteiger charge is -2.22. The van der Waals surface area contributed by atoms with Gasteiger partial charge >= 0.3 is 0 Å². The fourth-order valence-electron chi connectivity index (χ4n) is 2.96. The van der Waals surface area contributed by atoms with Gasteiger partial charge in [0.25, 0.3) is 5.91 Å². The van der Waals surface area contributed by atoms with Gasteiger partial charge in [0.2, 0.25) is 5.95 Å². The average Bonchev–Trinajstić information content (AvgIpc) is 2.73. The van der Waals surface area contributed by atoms with Crippen molar-refractivity contribution in [3.8, 4) is 0 Å². The minimum absolute atomic E-state index is 0.114. The van der Waals surface area contributed by atoms with Crippen molar-refractivity contribution in [2.75, 3.05) is 28.6 Å². The van der Waals surface area contributed by atoms with E-state index in [1.807, 2.05) is 13.0 Å². The van der Waals surface area contributed by atoms with Crippen LogP contribution in [0.2, 0.25) is 0 Å². The lowest BCUT2D eigenvalue weighted by atomic mass is 10.1. The Morgan fingerprint density at radius 2 is 1.72 bits per heavy atom. The summed E-state index contributed by atoms with van der Waals surface area (Å²) in [5.74, 6) is -0.587. The van der Waals surface area contributed by atoms with Gasteiger partial charge in [-0.2, -0.15) is 0 Å². The lowest BCUT2D eigenvalue weighted by Crippen LogP contribution is -2.21. The summed E-state index contributed by atoms with van der Waals surface area (Å²) in [5.41, 5.74) is 3.49. The van der Waals surface area contributed by atoms with Crippen LogP contribution in [0.4, 0.5) is 27.4 Å². The summed E-state index contributed by atoms with van der Waals surface area (Å²) >= 11 is 0. The number of nitrogens with one attached hydrogen (secondary N) is 2. The Morgan fingerprint density at radius 3 is 2.34 bits per heavy atom. The highest BCUT2D eigenvalue weighted by molar-refractivity contribution is 6.03. The highest BCUT2D eigenvalue weighted by atomic mass is 19.1. The van der Waals surface area contributed by atoms with Crippen molar-refractivity contribution in [2.24, 2.45) is 0 Å². The maximum absolute atomic E-state index is 13.7. The van der Waals surface area contributed by atoms with E-state index in [2.05, 4.69) is 51.5 Å². The summed E-state index contributed by atoms with van der Waals surface area (Å²) in [6.07, 6.45) is 2.82. The van der Waals surface area contributed by atoms with Crippen molar-refractivity contribution in [1.82, 2.24) is 9.97 Å². The van der Waals surface area contributed by atoms with Crippen LogP contribution in [-0.2, 0) is 0 Å². The SMILES string of the molecule is CCN(CC)c1ccc(Nc2ncc(C(=O)Nc3ccccc3F)cn2)c(C)c1. The Bertz CT molecular complexity index is 987. The monoisotopic (exact) mass is 393 g/mol. The van der Waals surface area contributed by atoms with Crippen LogP contribution >= 0.6 is 0 Å². The minimum Gasteiger partial charge on any atom is -0.372 e. The van der Waals surface area contributed by atoms with Crippen molar-refractivity contribution in [1.29, 1.82) is 0 Å². The van der Waals surface area contributed by atoms with E-state index < -0.39 is 11.7 Å². The Labute approximate surface area is 169 Å². The summed E-state index contributed by atoms with van der Waals surface area (Å²) in [6.45, 7) is 8.17. The maximum atomic E-state index is 13.7. The lowest BCUT2D eigenvalue weighted by molar-refractivity contribution is 0.102. The number of benzene rings is 2. The van der Waals surface area contributed by atoms with Gasteiger partial charge in [-0.1, -0.05) is 12.1 Å². The van der Waals surface area contributed by atoms with Gasteiger partial charge in [0, 0.05) is 36.9 Å². The molecule has 2 aromatic carbocycles. The minimum atomic E-state index is -0.497. The molecular formula is C22H24FN5O. The predicted molar refractivity (Wildman–Crippen MR) is 114 cm³/mol. The highest BCUT2D eigenvalue weighted by Crippen LogP contribution is 2.24. The molecule has 0 saturated heterocycles. The summed E-state index contributed by atoms with van der Waals surface area (Å²) in [4.78, 5) is 22.9. The van der Waals surface area contributed by atoms with Gasteiger partial charge in [-0.15, -0.1) is 0 Å². The van der Waals surface area contributed by atoms with Crippen molar-refractivity contribution < 1.29 is 9.18 Å². The molecule has 1 heterocycles. The zero-order valence-corrected chi connectivity index (χ0v) is 16.7. The zero-order valence-electron chi connectivity index (χ0n) is 16.7. The molecule has 0 aliphatic carbocycles. The largest absolute Gasteiger partial charge is 0.372 e. The van der Waals surface area contributed by atoms with Crippen LogP contribution in [0.1, 0.15) is 29.8 Å². The summed E-state index contributed by atoms with van der Waals surface area (Å²) in [5, 5.41) is 5.68. The highest BCUT2D eigenvalue weighted by Gasteiger charge is 2.11. The first-order chi connectivity index (χ1) is 14.0. The van der Waals surface area contributed by atoms with E-state index in [1.54, 1.807) is 12.1 Å². The van der Waals surface area contributed by atoms with Crippen molar-refractivity contribution in [3.05, 3.63) is 71.8 Å². The molecule has 3 rings (SSSR count). The van der Waals surface area contributed by atoms with Crippen LogP contribution in [0.15, 0.2) is 54.9 Å². The van der Waals surface area contributed by atoms with Gasteiger partial charge < -0.3 is 15.5 Å². The average molecular weight is 393 g/mol. The van der Waals surface area contributed by atoms with Crippen molar-refractivity contribution >= 4 is 28.9 Å². The Kier molecular flexibility index (Phi) is 6.39. The summed E-state index contributed by atoms with van der Waals surface area (Å²) < 4.78 is 13.7. The first-order valence-electron chi connectivity index (χ1n) is 9.52. The van der Waals surface area contributed by atoms with Gasteiger partial charge in [-0.3, -0.25) is 4.79 Å². The molecule has 1 amide bonds. The second kappa shape index (κ2) is 9.14. The fourth-order valence-corrected chi connectivity index (χ4v) is 2.96. The number of carbonyl (C=O) groups excluding carboxylic acids is 1. The Hall–Kier alpha value is -3.48. The number of aromatic nitrogens is 2. The van der Waals surface area contributed by atoms with Gasteiger partial charge in [0.05, 0.1) is 11.3 Å². The smallest absolute Gasteiger partial charge is 0.258 e. The van der Waals surface area contributed by atoms with Gasteiger partial charge in [-0.25, -0.2) is 14.4 Å². The second-order valence-corrected chi connectivity index (χ2v) is 6.53. The number of amides is 1. The third-order valence-corrected chi connectivity index (χ3v) is 4.62. The third kappa shape index (κ3) is 4.87. The molecule has 0 atom stereocenters. The number of carbonyl (C=O) groups is 1. The number of aryl methyl sites for hydroxylation is 1. The quantitative estimate of drug-likeness (QED) is 0.605. The second-order valence-electron chi connectivity index (χ2n) is 6.53. The van der Waals surface area contributed by atoms with Gasteiger partial charge in [-0.05, 0) is 56.7 Å². The molecule has 1 aromatic heterocycles. The number of anilines is 4. The molecule has 29 heavy (non-hydrogen) atoms. The van der Waals surface area contributed by atoms with E-state index in [1.165, 1.54) is 30.2 Å². The van der Waals surface area contributed by atoms with Crippen LogP contribution in [0.5, 0.6) is 0 Å². The summed E-state index contributed by atoms with van der Waals surface area (Å²) in [6, 6.07) is 12.2. The molecule has 0 fully saturated rings. The number of nitrogens with zero attached hydrogens (tertiary/aromatic N) is 3.